The maximum absolute atomic E-state index is 12.1. The number of hydrogen-bond donors (Lipinski definition) is 0. The Balaban J connectivity index is 2.25. The minimum absolute atomic E-state index is 0.322. The zero-order valence-corrected chi connectivity index (χ0v) is 10.9. The number of rotatable bonds is 1. The fourth-order valence-electron chi connectivity index (χ4n) is 1.88. The van der Waals surface area contributed by atoms with Crippen molar-refractivity contribution in [3.8, 4) is 5.75 Å². The summed E-state index contributed by atoms with van der Waals surface area (Å²) in [6.45, 7) is 7.08. The van der Waals surface area contributed by atoms with Crippen LogP contribution in [0.15, 0.2) is 18.2 Å². The molecule has 0 fully saturated rings. The van der Waals surface area contributed by atoms with Crippen LogP contribution in [0.2, 0.25) is 0 Å². The van der Waals surface area contributed by atoms with Gasteiger partial charge in [0.15, 0.2) is 0 Å². The van der Waals surface area contributed by atoms with Crippen LogP contribution in [0.5, 0.6) is 5.75 Å². The van der Waals surface area contributed by atoms with Crippen molar-refractivity contribution in [3.63, 3.8) is 0 Å². The van der Waals surface area contributed by atoms with Gasteiger partial charge in [-0.05, 0) is 39.3 Å². The molecule has 1 aliphatic rings. The highest BCUT2D eigenvalue weighted by Crippen LogP contribution is 2.32. The Morgan fingerprint density at radius 2 is 2.00 bits per heavy atom. The van der Waals surface area contributed by atoms with Gasteiger partial charge in [0.2, 0.25) is 5.78 Å². The molecule has 0 saturated carbocycles. The van der Waals surface area contributed by atoms with Crippen molar-refractivity contribution in [3.05, 3.63) is 29.3 Å². The Hall–Kier alpha value is -1.84. The Morgan fingerprint density at radius 3 is 2.56 bits per heavy atom. The second-order valence-corrected chi connectivity index (χ2v) is 5.34. The fourth-order valence-corrected chi connectivity index (χ4v) is 1.88. The molecule has 4 heteroatoms. The van der Waals surface area contributed by atoms with Crippen LogP contribution in [0.4, 0.5) is 0 Å². The first-order chi connectivity index (χ1) is 8.29. The van der Waals surface area contributed by atoms with Crippen molar-refractivity contribution in [2.75, 3.05) is 0 Å². The van der Waals surface area contributed by atoms with E-state index < -0.39 is 17.7 Å². The molecule has 1 aromatic rings. The molecule has 0 N–H and O–H groups in total. The molecule has 0 radical (unpaired) electrons. The lowest BCUT2D eigenvalue weighted by molar-refractivity contribution is -0.160. The number of ketones is 1. The molecule has 1 atom stereocenters. The standard InChI is InChI=1S/C14H16O4/c1-8-6-5-7-9-10(8)11(15)12(17-9)13(16)18-14(2,3)4/h5-7,12H,1-4H3. The first-order valence-electron chi connectivity index (χ1n) is 5.83. The molecule has 0 amide bonds. The first kappa shape index (κ1) is 12.6. The molecule has 1 aromatic carbocycles. The van der Waals surface area contributed by atoms with Gasteiger partial charge in [-0.3, -0.25) is 4.79 Å². The third kappa shape index (κ3) is 2.23. The van der Waals surface area contributed by atoms with Crippen molar-refractivity contribution >= 4 is 11.8 Å². The van der Waals surface area contributed by atoms with Crippen LogP contribution >= 0.6 is 0 Å². The number of aryl methyl sites for hydroxylation is 1. The normalized spacial score (nSPS) is 18.2. The molecule has 0 saturated heterocycles. The minimum atomic E-state index is -1.17. The molecule has 1 unspecified atom stereocenters. The molecule has 0 bridgehead atoms. The zero-order chi connectivity index (χ0) is 13.5. The van der Waals surface area contributed by atoms with Gasteiger partial charge in [-0.25, -0.2) is 4.79 Å². The molecule has 1 heterocycles. The Bertz CT molecular complexity index is 511. The van der Waals surface area contributed by atoms with E-state index in [-0.39, 0.29) is 5.78 Å². The van der Waals surface area contributed by atoms with E-state index in [9.17, 15) is 9.59 Å². The van der Waals surface area contributed by atoms with Crippen LogP contribution in [0, 0.1) is 6.92 Å². The topological polar surface area (TPSA) is 52.6 Å². The molecule has 0 spiro atoms. The molecular formula is C14H16O4. The predicted octanol–water partition coefficient (Wildman–Crippen LogP) is 2.28. The van der Waals surface area contributed by atoms with E-state index in [0.717, 1.165) is 5.56 Å². The van der Waals surface area contributed by atoms with E-state index in [1.54, 1.807) is 32.9 Å². The van der Waals surface area contributed by atoms with E-state index in [2.05, 4.69) is 0 Å². The highest BCUT2D eigenvalue weighted by Gasteiger charge is 2.41. The third-order valence-corrected chi connectivity index (χ3v) is 2.58. The molecule has 1 aliphatic heterocycles. The summed E-state index contributed by atoms with van der Waals surface area (Å²) in [4.78, 5) is 24.0. The van der Waals surface area contributed by atoms with Crippen molar-refractivity contribution in [1.29, 1.82) is 0 Å². The number of esters is 1. The first-order valence-corrected chi connectivity index (χ1v) is 5.83. The van der Waals surface area contributed by atoms with Gasteiger partial charge in [-0.15, -0.1) is 0 Å². The Morgan fingerprint density at radius 1 is 1.33 bits per heavy atom. The summed E-state index contributed by atoms with van der Waals surface area (Å²) in [5.41, 5.74) is 0.654. The largest absolute Gasteiger partial charge is 0.470 e. The third-order valence-electron chi connectivity index (χ3n) is 2.58. The zero-order valence-electron chi connectivity index (χ0n) is 10.9. The number of hydrogen-bond acceptors (Lipinski definition) is 4. The van der Waals surface area contributed by atoms with Crippen LogP contribution in [-0.4, -0.2) is 23.5 Å². The molecule has 96 valence electrons. The second-order valence-electron chi connectivity index (χ2n) is 5.34. The Kier molecular flexibility index (Phi) is 2.89. The van der Waals surface area contributed by atoms with E-state index in [0.29, 0.717) is 11.3 Å². The molecule has 2 rings (SSSR count). The van der Waals surface area contributed by atoms with E-state index in [1.165, 1.54) is 0 Å². The maximum atomic E-state index is 12.1. The van der Waals surface area contributed by atoms with Gasteiger partial charge < -0.3 is 9.47 Å². The minimum Gasteiger partial charge on any atom is -0.470 e. The molecule has 4 nitrogen and oxygen atoms in total. The van der Waals surface area contributed by atoms with Gasteiger partial charge in [-0.2, -0.15) is 0 Å². The van der Waals surface area contributed by atoms with Crippen LogP contribution in [0.1, 0.15) is 36.7 Å². The predicted molar refractivity (Wildman–Crippen MR) is 65.8 cm³/mol. The summed E-state index contributed by atoms with van der Waals surface area (Å²) in [7, 11) is 0. The van der Waals surface area contributed by atoms with Crippen LogP contribution < -0.4 is 4.74 Å². The summed E-state index contributed by atoms with van der Waals surface area (Å²) in [5.74, 6) is -0.503. The van der Waals surface area contributed by atoms with Gasteiger partial charge in [0, 0.05) is 0 Å². The summed E-state index contributed by atoms with van der Waals surface area (Å²) in [5, 5.41) is 0. The number of fused-ring (bicyclic) bond motifs is 1. The van der Waals surface area contributed by atoms with E-state index in [1.807, 2.05) is 13.0 Å². The van der Waals surface area contributed by atoms with Gasteiger partial charge in [0.1, 0.15) is 11.4 Å². The molecule has 0 aliphatic carbocycles. The highest BCUT2D eigenvalue weighted by atomic mass is 16.6. The SMILES string of the molecule is Cc1cccc2c1C(=O)C(C(=O)OC(C)(C)C)O2. The van der Waals surface area contributed by atoms with Gasteiger partial charge in [0.05, 0.1) is 5.56 Å². The van der Waals surface area contributed by atoms with Gasteiger partial charge in [-0.1, -0.05) is 12.1 Å². The highest BCUT2D eigenvalue weighted by molar-refractivity contribution is 6.15. The lowest BCUT2D eigenvalue weighted by atomic mass is 10.0. The molecule has 0 aromatic heterocycles. The van der Waals surface area contributed by atoms with Crippen LogP contribution in [0.3, 0.4) is 0 Å². The number of carbonyl (C=O) groups excluding carboxylic acids is 2. The summed E-state index contributed by atoms with van der Waals surface area (Å²) >= 11 is 0. The lowest BCUT2D eigenvalue weighted by Gasteiger charge is -2.21. The molecular weight excluding hydrogens is 232 g/mol. The van der Waals surface area contributed by atoms with Crippen LogP contribution in [-0.2, 0) is 9.53 Å². The second kappa shape index (κ2) is 4.12. The summed E-state index contributed by atoms with van der Waals surface area (Å²) < 4.78 is 10.6. The van der Waals surface area contributed by atoms with Gasteiger partial charge >= 0.3 is 5.97 Å². The average Bonchev–Trinajstić information content (AvgIpc) is 2.55. The number of benzene rings is 1. The quantitative estimate of drug-likeness (QED) is 0.565. The lowest BCUT2D eigenvalue weighted by Crippen LogP contribution is -2.37. The number of ether oxygens (including phenoxy) is 2. The maximum Gasteiger partial charge on any atom is 0.356 e. The van der Waals surface area contributed by atoms with Gasteiger partial charge in [0.25, 0.3) is 6.10 Å². The van der Waals surface area contributed by atoms with Crippen LogP contribution in [0.25, 0.3) is 0 Å². The van der Waals surface area contributed by atoms with E-state index in [4.69, 9.17) is 9.47 Å². The van der Waals surface area contributed by atoms with Crippen molar-refractivity contribution in [2.24, 2.45) is 0 Å². The average molecular weight is 248 g/mol. The smallest absolute Gasteiger partial charge is 0.356 e. The number of Topliss-reactive ketones (excluding diaryl/α,β-unsaturated/α-hetero) is 1. The van der Waals surface area contributed by atoms with Crippen molar-refractivity contribution in [1.82, 2.24) is 0 Å². The van der Waals surface area contributed by atoms with E-state index >= 15 is 0 Å². The Labute approximate surface area is 106 Å². The van der Waals surface area contributed by atoms with Crippen molar-refractivity contribution in [2.45, 2.75) is 39.4 Å². The summed E-state index contributed by atoms with van der Waals surface area (Å²) in [6.07, 6.45) is -1.17. The fraction of sp³-hybridized carbons (Fsp3) is 0.429. The van der Waals surface area contributed by atoms with Crippen molar-refractivity contribution < 1.29 is 19.1 Å². The number of carbonyl (C=O) groups is 2. The monoisotopic (exact) mass is 248 g/mol. The molecule has 18 heavy (non-hydrogen) atoms. The summed E-state index contributed by atoms with van der Waals surface area (Å²) in [6, 6.07) is 5.29.